The van der Waals surface area contributed by atoms with Crippen LogP contribution in [0.4, 0.5) is 0 Å². The number of carboxylic acid groups (broad SMARTS) is 1. The highest BCUT2D eigenvalue weighted by Gasteiger charge is 2.11. The Bertz CT molecular complexity index is 1020. The number of aromatic nitrogens is 3. The van der Waals surface area contributed by atoms with Gasteiger partial charge in [0, 0.05) is 5.56 Å². The van der Waals surface area contributed by atoms with Gasteiger partial charge < -0.3 is 10.1 Å². The molecule has 0 saturated carbocycles. The lowest BCUT2D eigenvalue weighted by molar-refractivity contribution is 0.0685. The zero-order valence-corrected chi connectivity index (χ0v) is 12.6. The molecule has 0 amide bonds. The SMILES string of the molecule is O=C(O)c1nc2nc(-c3ccc(-c4ccccc4)cc3)ccc2[nH]1. The van der Waals surface area contributed by atoms with Gasteiger partial charge in [-0.1, -0.05) is 54.6 Å². The van der Waals surface area contributed by atoms with Crippen LogP contribution in [0.5, 0.6) is 0 Å². The van der Waals surface area contributed by atoms with Gasteiger partial charge in [-0.15, -0.1) is 0 Å². The van der Waals surface area contributed by atoms with Crippen LogP contribution in [0.2, 0.25) is 0 Å². The number of imidazole rings is 1. The first-order valence-corrected chi connectivity index (χ1v) is 7.46. The zero-order chi connectivity index (χ0) is 16.5. The van der Waals surface area contributed by atoms with E-state index in [0.717, 1.165) is 22.4 Å². The molecule has 2 aromatic heterocycles. The number of pyridine rings is 1. The Morgan fingerprint density at radius 3 is 2.17 bits per heavy atom. The minimum Gasteiger partial charge on any atom is -0.475 e. The maximum Gasteiger partial charge on any atom is 0.371 e. The second-order valence-corrected chi connectivity index (χ2v) is 5.40. The lowest BCUT2D eigenvalue weighted by Gasteiger charge is -2.04. The maximum atomic E-state index is 11.0. The first-order chi connectivity index (χ1) is 11.7. The molecule has 0 radical (unpaired) electrons. The molecule has 4 rings (SSSR count). The van der Waals surface area contributed by atoms with E-state index in [-0.39, 0.29) is 5.82 Å². The molecular weight excluding hydrogens is 302 g/mol. The van der Waals surface area contributed by atoms with Gasteiger partial charge in [0.25, 0.3) is 0 Å². The van der Waals surface area contributed by atoms with Crippen molar-refractivity contribution in [1.82, 2.24) is 15.0 Å². The monoisotopic (exact) mass is 315 g/mol. The van der Waals surface area contributed by atoms with E-state index in [1.807, 2.05) is 48.5 Å². The normalized spacial score (nSPS) is 10.8. The van der Waals surface area contributed by atoms with Crippen molar-refractivity contribution in [1.29, 1.82) is 0 Å². The summed E-state index contributed by atoms with van der Waals surface area (Å²) in [6, 6.07) is 21.9. The molecule has 0 fully saturated rings. The topological polar surface area (TPSA) is 78.9 Å². The number of aromatic carboxylic acids is 1. The van der Waals surface area contributed by atoms with E-state index in [9.17, 15) is 4.79 Å². The van der Waals surface area contributed by atoms with Crippen LogP contribution in [0.1, 0.15) is 10.6 Å². The third kappa shape index (κ3) is 2.52. The van der Waals surface area contributed by atoms with Crippen LogP contribution in [0.3, 0.4) is 0 Å². The number of aromatic amines is 1. The second-order valence-electron chi connectivity index (χ2n) is 5.40. The van der Waals surface area contributed by atoms with Gasteiger partial charge in [0.1, 0.15) is 0 Å². The van der Waals surface area contributed by atoms with Gasteiger partial charge in [0.05, 0.1) is 11.2 Å². The fraction of sp³-hybridized carbons (Fsp3) is 0. The lowest BCUT2D eigenvalue weighted by Crippen LogP contribution is -1.97. The van der Waals surface area contributed by atoms with Gasteiger partial charge in [-0.2, -0.15) is 0 Å². The van der Waals surface area contributed by atoms with E-state index >= 15 is 0 Å². The summed E-state index contributed by atoms with van der Waals surface area (Å²) in [6.45, 7) is 0. The molecule has 0 aliphatic rings. The predicted octanol–water partition coefficient (Wildman–Crippen LogP) is 3.99. The average molecular weight is 315 g/mol. The van der Waals surface area contributed by atoms with Crippen molar-refractivity contribution in [3.63, 3.8) is 0 Å². The van der Waals surface area contributed by atoms with Crippen LogP contribution in [-0.2, 0) is 0 Å². The minimum atomic E-state index is -1.10. The Balaban J connectivity index is 1.70. The van der Waals surface area contributed by atoms with Crippen molar-refractivity contribution >= 4 is 17.1 Å². The van der Waals surface area contributed by atoms with Gasteiger partial charge in [-0.05, 0) is 23.3 Å². The molecule has 5 heteroatoms. The van der Waals surface area contributed by atoms with Crippen molar-refractivity contribution < 1.29 is 9.90 Å². The predicted molar refractivity (Wildman–Crippen MR) is 91.7 cm³/mol. The van der Waals surface area contributed by atoms with Crippen molar-refractivity contribution in [2.24, 2.45) is 0 Å². The Kier molecular flexibility index (Phi) is 3.31. The maximum absolute atomic E-state index is 11.0. The highest BCUT2D eigenvalue weighted by molar-refractivity contribution is 5.88. The van der Waals surface area contributed by atoms with Gasteiger partial charge in [-0.3, -0.25) is 0 Å². The van der Waals surface area contributed by atoms with Crippen LogP contribution in [0.25, 0.3) is 33.5 Å². The smallest absolute Gasteiger partial charge is 0.371 e. The molecule has 0 spiro atoms. The average Bonchev–Trinajstić information content (AvgIpc) is 3.06. The molecular formula is C19H13N3O2. The quantitative estimate of drug-likeness (QED) is 0.599. The van der Waals surface area contributed by atoms with Gasteiger partial charge in [0.2, 0.25) is 5.82 Å². The van der Waals surface area contributed by atoms with E-state index in [1.165, 1.54) is 0 Å². The number of H-pyrrole nitrogens is 1. The number of benzene rings is 2. The Morgan fingerprint density at radius 1 is 0.792 bits per heavy atom. The van der Waals surface area contributed by atoms with E-state index in [4.69, 9.17) is 5.11 Å². The molecule has 5 nitrogen and oxygen atoms in total. The van der Waals surface area contributed by atoms with Gasteiger partial charge >= 0.3 is 5.97 Å². The highest BCUT2D eigenvalue weighted by Crippen LogP contribution is 2.24. The number of nitrogens with one attached hydrogen (secondary N) is 1. The molecule has 0 aliphatic heterocycles. The number of carboxylic acids is 1. The van der Waals surface area contributed by atoms with E-state index in [0.29, 0.717) is 11.2 Å². The van der Waals surface area contributed by atoms with Crippen molar-refractivity contribution in [3.8, 4) is 22.4 Å². The van der Waals surface area contributed by atoms with E-state index in [2.05, 4.69) is 27.1 Å². The van der Waals surface area contributed by atoms with Crippen molar-refractivity contribution in [3.05, 3.63) is 72.6 Å². The van der Waals surface area contributed by atoms with E-state index < -0.39 is 5.97 Å². The number of hydrogen-bond acceptors (Lipinski definition) is 3. The Hall–Kier alpha value is -3.47. The number of rotatable bonds is 3. The van der Waals surface area contributed by atoms with Crippen molar-refractivity contribution in [2.75, 3.05) is 0 Å². The van der Waals surface area contributed by atoms with Crippen LogP contribution in [-0.4, -0.2) is 26.0 Å². The van der Waals surface area contributed by atoms with Crippen LogP contribution >= 0.6 is 0 Å². The Labute approximate surface area is 137 Å². The van der Waals surface area contributed by atoms with Crippen molar-refractivity contribution in [2.45, 2.75) is 0 Å². The molecule has 0 saturated heterocycles. The second kappa shape index (κ2) is 5.62. The summed E-state index contributed by atoms with van der Waals surface area (Å²) in [4.78, 5) is 22.1. The molecule has 116 valence electrons. The summed E-state index contributed by atoms with van der Waals surface area (Å²) >= 11 is 0. The fourth-order valence-corrected chi connectivity index (χ4v) is 2.62. The fourth-order valence-electron chi connectivity index (χ4n) is 2.62. The third-order valence-corrected chi connectivity index (χ3v) is 3.84. The van der Waals surface area contributed by atoms with E-state index in [1.54, 1.807) is 6.07 Å². The molecule has 24 heavy (non-hydrogen) atoms. The molecule has 0 aliphatic carbocycles. The zero-order valence-electron chi connectivity index (χ0n) is 12.6. The standard InChI is InChI=1S/C19H13N3O2/c23-19(24)18-21-16-11-10-15(20-17(16)22-18)14-8-6-13(7-9-14)12-4-2-1-3-5-12/h1-11H,(H,23,24)(H,20,21,22). The largest absolute Gasteiger partial charge is 0.475 e. The summed E-state index contributed by atoms with van der Waals surface area (Å²) in [6.07, 6.45) is 0. The molecule has 2 N–H and O–H groups in total. The molecule has 0 unspecified atom stereocenters. The molecule has 0 atom stereocenters. The first kappa shape index (κ1) is 14.1. The van der Waals surface area contributed by atoms with Crippen LogP contribution in [0, 0.1) is 0 Å². The molecule has 0 bridgehead atoms. The summed E-state index contributed by atoms with van der Waals surface area (Å²) in [7, 11) is 0. The molecule has 2 heterocycles. The van der Waals surface area contributed by atoms with Crippen LogP contribution in [0.15, 0.2) is 66.7 Å². The summed E-state index contributed by atoms with van der Waals surface area (Å²) in [5.41, 5.74) is 5.01. The molecule has 2 aromatic carbocycles. The van der Waals surface area contributed by atoms with Crippen LogP contribution < -0.4 is 0 Å². The highest BCUT2D eigenvalue weighted by atomic mass is 16.4. The third-order valence-electron chi connectivity index (χ3n) is 3.84. The minimum absolute atomic E-state index is 0.103. The molecule has 4 aromatic rings. The number of carbonyl (C=O) groups is 1. The Morgan fingerprint density at radius 2 is 1.46 bits per heavy atom. The summed E-state index contributed by atoms with van der Waals surface area (Å²) in [5, 5.41) is 8.99. The number of nitrogens with zero attached hydrogens (tertiary/aromatic N) is 2. The summed E-state index contributed by atoms with van der Waals surface area (Å²) in [5.74, 6) is -1.20. The summed E-state index contributed by atoms with van der Waals surface area (Å²) < 4.78 is 0. The number of fused-ring (bicyclic) bond motifs is 1. The van der Waals surface area contributed by atoms with Gasteiger partial charge in [0.15, 0.2) is 5.65 Å². The number of hydrogen-bond donors (Lipinski definition) is 2. The lowest BCUT2D eigenvalue weighted by atomic mass is 10.0. The van der Waals surface area contributed by atoms with Gasteiger partial charge in [-0.25, -0.2) is 14.8 Å². The first-order valence-electron chi connectivity index (χ1n) is 7.46.